The molecule has 3 aromatic heterocycles. The SMILES string of the molecule is COc1ccc(NC(=O)c2cc(C)n3nc(-c4ccco4)cc3n2)cc1. The molecule has 0 saturated heterocycles. The standard InChI is InChI=1S/C19H16N4O3/c1-12-10-16(19(24)20-13-5-7-14(25-2)8-6-13)21-18-11-15(22-23(12)18)17-4-3-9-26-17/h3-11H,1-2H3,(H,20,24). The van der Waals surface area contributed by atoms with E-state index in [2.05, 4.69) is 15.4 Å². The molecule has 0 aliphatic carbocycles. The highest BCUT2D eigenvalue weighted by Crippen LogP contribution is 2.21. The van der Waals surface area contributed by atoms with Crippen LogP contribution in [0.15, 0.2) is 59.2 Å². The molecule has 130 valence electrons. The van der Waals surface area contributed by atoms with Crippen molar-refractivity contribution in [3.05, 3.63) is 66.2 Å². The third-order valence-corrected chi connectivity index (χ3v) is 3.96. The molecule has 1 aromatic carbocycles. The highest BCUT2D eigenvalue weighted by molar-refractivity contribution is 6.03. The average Bonchev–Trinajstić information content (AvgIpc) is 3.31. The van der Waals surface area contributed by atoms with Crippen LogP contribution in [0.3, 0.4) is 0 Å². The van der Waals surface area contributed by atoms with Gasteiger partial charge in [-0.05, 0) is 49.4 Å². The first-order valence-electron chi connectivity index (χ1n) is 8.01. The number of anilines is 1. The molecule has 0 bridgehead atoms. The lowest BCUT2D eigenvalue weighted by atomic mass is 10.2. The Hall–Kier alpha value is -3.61. The van der Waals surface area contributed by atoms with Gasteiger partial charge in [0.1, 0.15) is 17.1 Å². The van der Waals surface area contributed by atoms with Gasteiger partial charge in [0.15, 0.2) is 11.4 Å². The molecule has 1 amide bonds. The van der Waals surface area contributed by atoms with Crippen LogP contribution < -0.4 is 10.1 Å². The number of methoxy groups -OCH3 is 1. The first kappa shape index (κ1) is 15.9. The van der Waals surface area contributed by atoms with Crippen molar-refractivity contribution in [3.63, 3.8) is 0 Å². The maximum atomic E-state index is 12.5. The van der Waals surface area contributed by atoms with Crippen LogP contribution in [0, 0.1) is 6.92 Å². The van der Waals surface area contributed by atoms with Crippen molar-refractivity contribution in [1.29, 1.82) is 0 Å². The average molecular weight is 348 g/mol. The van der Waals surface area contributed by atoms with Gasteiger partial charge in [-0.25, -0.2) is 9.50 Å². The van der Waals surface area contributed by atoms with E-state index in [0.29, 0.717) is 28.5 Å². The van der Waals surface area contributed by atoms with E-state index in [4.69, 9.17) is 9.15 Å². The number of carbonyl (C=O) groups excluding carboxylic acids is 1. The third kappa shape index (κ3) is 2.90. The topological polar surface area (TPSA) is 81.7 Å². The smallest absolute Gasteiger partial charge is 0.274 e. The molecule has 0 aliphatic heterocycles. The molecular weight excluding hydrogens is 332 g/mol. The van der Waals surface area contributed by atoms with E-state index in [0.717, 1.165) is 11.4 Å². The zero-order valence-corrected chi connectivity index (χ0v) is 14.3. The zero-order valence-electron chi connectivity index (χ0n) is 14.3. The number of aryl methyl sites for hydroxylation is 1. The molecule has 1 N–H and O–H groups in total. The van der Waals surface area contributed by atoms with Gasteiger partial charge in [0.25, 0.3) is 5.91 Å². The van der Waals surface area contributed by atoms with Crippen LogP contribution in [0.5, 0.6) is 5.75 Å². The number of hydrogen-bond acceptors (Lipinski definition) is 5. The number of ether oxygens (including phenoxy) is 1. The van der Waals surface area contributed by atoms with Crippen LogP contribution in [0.4, 0.5) is 5.69 Å². The lowest BCUT2D eigenvalue weighted by molar-refractivity contribution is 0.102. The third-order valence-electron chi connectivity index (χ3n) is 3.96. The predicted molar refractivity (Wildman–Crippen MR) is 96.4 cm³/mol. The molecule has 0 fully saturated rings. The van der Waals surface area contributed by atoms with Crippen molar-refractivity contribution >= 4 is 17.2 Å². The second-order valence-corrected chi connectivity index (χ2v) is 5.74. The lowest BCUT2D eigenvalue weighted by Gasteiger charge is -2.07. The molecule has 26 heavy (non-hydrogen) atoms. The highest BCUT2D eigenvalue weighted by atomic mass is 16.5. The number of hydrogen-bond donors (Lipinski definition) is 1. The van der Waals surface area contributed by atoms with E-state index in [1.54, 1.807) is 60.4 Å². The summed E-state index contributed by atoms with van der Waals surface area (Å²) < 4.78 is 12.2. The quantitative estimate of drug-likeness (QED) is 0.610. The molecule has 4 rings (SSSR count). The van der Waals surface area contributed by atoms with Gasteiger partial charge in [0, 0.05) is 17.4 Å². The minimum Gasteiger partial charge on any atom is -0.497 e. The summed E-state index contributed by atoms with van der Waals surface area (Å²) in [6.07, 6.45) is 1.59. The summed E-state index contributed by atoms with van der Waals surface area (Å²) in [6.45, 7) is 1.87. The van der Waals surface area contributed by atoms with Gasteiger partial charge in [-0.1, -0.05) is 0 Å². The molecule has 0 radical (unpaired) electrons. The Bertz CT molecular complexity index is 1070. The fourth-order valence-electron chi connectivity index (χ4n) is 2.66. The Morgan fingerprint density at radius 3 is 2.69 bits per heavy atom. The van der Waals surface area contributed by atoms with E-state index < -0.39 is 0 Å². The lowest BCUT2D eigenvalue weighted by Crippen LogP contribution is -2.15. The first-order valence-corrected chi connectivity index (χ1v) is 8.01. The van der Waals surface area contributed by atoms with E-state index in [9.17, 15) is 4.79 Å². The van der Waals surface area contributed by atoms with Crippen LogP contribution in [0.25, 0.3) is 17.1 Å². The second-order valence-electron chi connectivity index (χ2n) is 5.74. The summed E-state index contributed by atoms with van der Waals surface area (Å²) in [5.41, 5.74) is 3.03. The van der Waals surface area contributed by atoms with Crippen LogP contribution in [0.1, 0.15) is 16.2 Å². The van der Waals surface area contributed by atoms with Crippen LogP contribution in [-0.2, 0) is 0 Å². The zero-order chi connectivity index (χ0) is 18.1. The van der Waals surface area contributed by atoms with Crippen LogP contribution >= 0.6 is 0 Å². The van der Waals surface area contributed by atoms with Crippen molar-refractivity contribution < 1.29 is 13.9 Å². The van der Waals surface area contributed by atoms with Gasteiger partial charge in [0.05, 0.1) is 13.4 Å². The van der Waals surface area contributed by atoms with Gasteiger partial charge < -0.3 is 14.5 Å². The summed E-state index contributed by atoms with van der Waals surface area (Å²) in [6, 6.07) is 14.2. The maximum Gasteiger partial charge on any atom is 0.274 e. The van der Waals surface area contributed by atoms with E-state index in [1.165, 1.54) is 0 Å². The molecule has 0 saturated carbocycles. The number of fused-ring (bicyclic) bond motifs is 1. The molecule has 3 heterocycles. The van der Waals surface area contributed by atoms with Gasteiger partial charge in [-0.3, -0.25) is 4.79 Å². The molecule has 0 spiro atoms. The van der Waals surface area contributed by atoms with E-state index >= 15 is 0 Å². The van der Waals surface area contributed by atoms with E-state index in [1.807, 2.05) is 13.0 Å². The monoisotopic (exact) mass is 348 g/mol. The largest absolute Gasteiger partial charge is 0.497 e. The Balaban J connectivity index is 1.64. The Kier molecular flexibility index (Phi) is 3.89. The van der Waals surface area contributed by atoms with E-state index in [-0.39, 0.29) is 5.91 Å². The number of amides is 1. The Morgan fingerprint density at radius 1 is 1.19 bits per heavy atom. The molecule has 7 heteroatoms. The van der Waals surface area contributed by atoms with Gasteiger partial charge in [-0.15, -0.1) is 0 Å². The maximum absolute atomic E-state index is 12.5. The number of nitrogens with one attached hydrogen (secondary N) is 1. The Labute approximate surface area is 149 Å². The number of furan rings is 1. The second kappa shape index (κ2) is 6.36. The summed E-state index contributed by atoms with van der Waals surface area (Å²) in [4.78, 5) is 17.0. The molecule has 7 nitrogen and oxygen atoms in total. The number of aromatic nitrogens is 3. The molecule has 4 aromatic rings. The number of carbonyl (C=O) groups is 1. The predicted octanol–water partition coefficient (Wildman–Crippen LogP) is 3.56. The fourth-order valence-corrected chi connectivity index (χ4v) is 2.66. The number of nitrogens with zero attached hydrogens (tertiary/aromatic N) is 3. The van der Waals surface area contributed by atoms with Gasteiger partial charge >= 0.3 is 0 Å². The van der Waals surface area contributed by atoms with Gasteiger partial charge in [0.2, 0.25) is 0 Å². The number of benzene rings is 1. The summed E-state index contributed by atoms with van der Waals surface area (Å²) in [5.74, 6) is 1.09. The first-order chi connectivity index (χ1) is 12.6. The van der Waals surface area contributed by atoms with Gasteiger partial charge in [-0.2, -0.15) is 5.10 Å². The van der Waals surface area contributed by atoms with Crippen molar-refractivity contribution in [2.24, 2.45) is 0 Å². The molecule has 0 aliphatic rings. The summed E-state index contributed by atoms with van der Waals surface area (Å²) in [7, 11) is 1.60. The Morgan fingerprint density at radius 2 is 2.00 bits per heavy atom. The normalized spacial score (nSPS) is 10.8. The minimum absolute atomic E-state index is 0.290. The van der Waals surface area contributed by atoms with Crippen LogP contribution in [0.2, 0.25) is 0 Å². The van der Waals surface area contributed by atoms with Crippen LogP contribution in [-0.4, -0.2) is 27.6 Å². The summed E-state index contributed by atoms with van der Waals surface area (Å²) >= 11 is 0. The molecular formula is C19H16N4O3. The molecule has 0 atom stereocenters. The van der Waals surface area contributed by atoms with Crippen molar-refractivity contribution in [2.75, 3.05) is 12.4 Å². The molecule has 0 unspecified atom stereocenters. The van der Waals surface area contributed by atoms with Crippen molar-refractivity contribution in [2.45, 2.75) is 6.92 Å². The number of rotatable bonds is 4. The van der Waals surface area contributed by atoms with Crippen molar-refractivity contribution in [3.8, 4) is 17.2 Å². The highest BCUT2D eigenvalue weighted by Gasteiger charge is 2.14. The minimum atomic E-state index is -0.290. The summed E-state index contributed by atoms with van der Waals surface area (Å²) in [5, 5.41) is 7.30. The van der Waals surface area contributed by atoms with Crippen molar-refractivity contribution in [1.82, 2.24) is 14.6 Å². The fraction of sp³-hybridized carbons (Fsp3) is 0.105.